The van der Waals surface area contributed by atoms with E-state index in [9.17, 15) is 56.2 Å². The van der Waals surface area contributed by atoms with Crippen molar-refractivity contribution in [1.82, 2.24) is 0 Å². The zero-order valence-electron chi connectivity index (χ0n) is 84.8. The van der Waals surface area contributed by atoms with Crippen molar-refractivity contribution in [1.29, 1.82) is 0 Å². The summed E-state index contributed by atoms with van der Waals surface area (Å²) in [5.74, 6) is 28.9. The smallest absolute Gasteiger partial charge is 0.201 e. The average molecular weight is 2500 g/mol. The zero-order valence-corrected chi connectivity index (χ0v) is 101. The summed E-state index contributed by atoms with van der Waals surface area (Å²) < 4.78 is 62.7. The molecular formula is C103H171I5O20Si5. The summed E-state index contributed by atoms with van der Waals surface area (Å²) in [5.41, 5.74) is 11.5. The van der Waals surface area contributed by atoms with Gasteiger partial charge in [-0.05, 0) is 208 Å². The third kappa shape index (κ3) is 33.2. The fraction of sp³-hybridized carbons (Fsp3) is 0.728. The number of halogens is 5. The molecule has 25 atom stereocenters. The molecule has 0 bridgehead atoms. The lowest BCUT2D eigenvalue weighted by atomic mass is 9.81. The van der Waals surface area contributed by atoms with Crippen LogP contribution in [0.3, 0.4) is 0 Å². The molecular weight excluding hydrogens is 2330 g/mol. The minimum atomic E-state index is -2.39. The first-order valence-electron chi connectivity index (χ1n) is 47.6. The summed E-state index contributed by atoms with van der Waals surface area (Å²) in [6.45, 7) is 72.2. The second-order valence-electron chi connectivity index (χ2n) is 41.4. The molecule has 5 aliphatic heterocycles. The van der Waals surface area contributed by atoms with Crippen LogP contribution in [0.5, 0.6) is 0 Å². The molecule has 0 radical (unpaired) electrons. The van der Waals surface area contributed by atoms with Gasteiger partial charge >= 0.3 is 0 Å². The topological polar surface area (TPSA) is 306 Å². The van der Waals surface area contributed by atoms with Gasteiger partial charge in [-0.2, -0.15) is 0 Å². The maximum Gasteiger partial charge on any atom is 0.201 e. The molecule has 0 amide bonds. The molecule has 0 spiro atoms. The van der Waals surface area contributed by atoms with Crippen LogP contribution >= 0.6 is 106 Å². The van der Waals surface area contributed by atoms with E-state index in [1.165, 1.54) is 7.14 Å². The van der Waals surface area contributed by atoms with Crippen molar-refractivity contribution >= 4 is 148 Å². The molecule has 0 unspecified atom stereocenters. The van der Waals surface area contributed by atoms with Gasteiger partial charge in [-0.15, -0.1) is 29.5 Å². The van der Waals surface area contributed by atoms with Crippen LogP contribution in [0.25, 0.3) is 0 Å². The van der Waals surface area contributed by atoms with E-state index in [1.54, 1.807) is 24.3 Å². The molecule has 8 rings (SSSR count). The van der Waals surface area contributed by atoms with Gasteiger partial charge in [-0.25, -0.2) is 0 Å². The Bertz CT molecular complexity index is 4010. The van der Waals surface area contributed by atoms with Gasteiger partial charge in [0.25, 0.3) is 0 Å². The van der Waals surface area contributed by atoms with Crippen molar-refractivity contribution in [3.05, 3.63) is 102 Å². The van der Waals surface area contributed by atoms with Gasteiger partial charge in [-0.1, -0.05) is 281 Å². The number of benzene rings is 3. The molecule has 5 fully saturated rings. The number of ether oxygens (including phenoxy) is 5. The highest BCUT2D eigenvalue weighted by atomic mass is 128. The van der Waals surface area contributed by atoms with Gasteiger partial charge in [0, 0.05) is 72.5 Å². The second kappa shape index (κ2) is 59.1. The molecule has 11 N–H and O–H groups in total. The van der Waals surface area contributed by atoms with E-state index in [-0.39, 0.29) is 112 Å². The Morgan fingerprint density at radius 1 is 0.286 bits per heavy atom. The van der Waals surface area contributed by atoms with Crippen LogP contribution < -0.4 is 0 Å². The molecule has 3 aromatic carbocycles. The lowest BCUT2D eigenvalue weighted by molar-refractivity contribution is -0.214. The molecule has 0 saturated carbocycles. The van der Waals surface area contributed by atoms with Crippen molar-refractivity contribution in [3.8, 4) is 58.8 Å². The Morgan fingerprint density at radius 3 is 0.752 bits per heavy atom. The molecule has 0 aromatic heterocycles. The average Bonchev–Trinajstić information content (AvgIpc) is 0.729. The Hall–Kier alpha value is -0.606. The summed E-state index contributed by atoms with van der Waals surface area (Å²) >= 11 is 8.83. The van der Waals surface area contributed by atoms with Crippen LogP contribution in [-0.4, -0.2) is 253 Å². The van der Waals surface area contributed by atoms with Gasteiger partial charge < -0.3 is 97.6 Å². The Labute approximate surface area is 876 Å². The van der Waals surface area contributed by atoms with Crippen molar-refractivity contribution < 1.29 is 97.6 Å². The summed E-state index contributed by atoms with van der Waals surface area (Å²) in [4.78, 5) is 0. The first-order valence-corrected chi connectivity index (χ1v) is 68.1. The minimum absolute atomic E-state index is 0. The highest BCUT2D eigenvalue weighted by molar-refractivity contribution is 15.0. The van der Waals surface area contributed by atoms with E-state index in [0.29, 0.717) is 83.5 Å². The summed E-state index contributed by atoms with van der Waals surface area (Å²) in [6.07, 6.45) is -16.1. The van der Waals surface area contributed by atoms with Crippen molar-refractivity contribution in [2.45, 2.75) is 416 Å². The standard InChI is InChI=1S/C52H92O7Si3.C22H26O10.C22H44O3Si2.C6H4I2.CH4.I2.HI/c1-32(2)60(33(3)4,34(5)6)57-50-42(20)41(19)48(30-53)56-47(50)29-27-45-24-22-44(23-25-45)26-28-46-43(21)51(58-61(35(7)8,36(9)10)37(11)12)52(49(31-54)55-46)59-62(38(13)14,39(15)16)40(17)18;23-9-15-19(27)21(29)17(25)13(31-15)7-5-11-1-2-12(4-3-11)6-8-14-18(26)22(30)20(28)16(10-24)32-14;1-15(2)27(16(3)4,17(5)6)25-22-19(8)18(7)21(14-23)24-20(22)12-13-26(9,10)11;7-5-1-2-6(8)4-3-5;;1-2;/h22-25,32-43,46-54H,30-31H2,1-21H3;1-4,13-30H,9-10H2;15-23H,14H2,1-11H3;1-4H;1H4;;1H/t41-,42-,43+,46+,47+,48+,49+,50-,51+,52+;13-,14-,15-,16-,17-,18-,19-,20-,21-,22-;18-,19-,20+,21+,22-;;;;/m010..../s1. The number of hydrogen-bond donors (Lipinski definition) is 11. The molecule has 758 valence electrons. The number of rotatable bonds is 25. The minimum Gasteiger partial charge on any atom is -0.410 e. The highest BCUT2D eigenvalue weighted by Gasteiger charge is 2.59. The predicted molar refractivity (Wildman–Crippen MR) is 598 cm³/mol. The third-order valence-electron chi connectivity index (χ3n) is 28.2. The maximum atomic E-state index is 11.1. The van der Waals surface area contributed by atoms with Gasteiger partial charge in [-0.3, -0.25) is 0 Å². The van der Waals surface area contributed by atoms with Gasteiger partial charge in [0.15, 0.2) is 0 Å². The quantitative estimate of drug-likeness (QED) is 0.0213. The van der Waals surface area contributed by atoms with E-state index in [1.807, 2.05) is 24.3 Å². The summed E-state index contributed by atoms with van der Waals surface area (Å²) in [7, 11) is -10.5. The van der Waals surface area contributed by atoms with Crippen LogP contribution in [0, 0.1) is 95.6 Å². The van der Waals surface area contributed by atoms with Crippen LogP contribution in [0.1, 0.15) is 230 Å². The molecule has 20 nitrogen and oxygen atoms in total. The van der Waals surface area contributed by atoms with E-state index < -0.39 is 140 Å². The third-order valence-corrected chi connectivity index (χ3v) is 54.9. The van der Waals surface area contributed by atoms with E-state index >= 15 is 0 Å². The summed E-state index contributed by atoms with van der Waals surface area (Å²) in [6, 6.07) is 23.0. The molecule has 5 saturated heterocycles. The molecule has 0 aliphatic carbocycles. The molecule has 5 heterocycles. The fourth-order valence-corrected chi connectivity index (χ4v) is 44.7. The summed E-state index contributed by atoms with van der Waals surface area (Å²) in [5, 5.41) is 109. The Balaban J connectivity index is 0.000000699. The fourth-order valence-electron chi connectivity index (χ4n) is 20.9. The largest absolute Gasteiger partial charge is 0.410 e. The first kappa shape index (κ1) is 128. The monoisotopic (exact) mass is 2500 g/mol. The Kier molecular flexibility index (Phi) is 57.1. The van der Waals surface area contributed by atoms with Crippen molar-refractivity contribution in [3.63, 3.8) is 0 Å². The van der Waals surface area contributed by atoms with Crippen molar-refractivity contribution in [2.75, 3.05) is 33.0 Å². The molecule has 5 aliphatic rings. The van der Waals surface area contributed by atoms with Gasteiger partial charge in [0.05, 0.1) is 69.7 Å². The highest BCUT2D eigenvalue weighted by Crippen LogP contribution is 2.52. The van der Waals surface area contributed by atoms with Crippen molar-refractivity contribution in [2.24, 2.45) is 29.6 Å². The maximum absolute atomic E-state index is 11.1. The van der Waals surface area contributed by atoms with Crippen LogP contribution in [0.15, 0.2) is 72.8 Å². The second-order valence-corrected chi connectivity index (χ2v) is 70.3. The SMILES string of the molecule is C.CC(C)[Si](O[C@@H]1[C@H](C)[C@@H](C#Cc2ccc(C#C[C@H]3O[C@H](CO)[C@@H](C)[C@H](C)[C@@H]3O[Si](C(C)C)(C(C)C)C(C)C)cc2)O[C@H](CO)[C@H]1O[Si](C(C)C)(C(C)C)C(C)C)(C(C)C)C(C)C.CC(C)[Si](O[C@H]1[C@@H](C)[C@H](C)[C@@H](CO)O[C@@H]1C#C[Si](C)(C)C)(C(C)C)C(C)C.I.II.Ic1ccc(I)cc1.OC[C@H]1O[C@H](C#Cc2ccc(C#C[C@H]3O[C@H](CO)[C@@H](O)[C@H](O)[C@@H]3O)cc2)[C@@H](O)[C@@H](O)[C@@H]1O. The van der Waals surface area contributed by atoms with Crippen LogP contribution in [0.4, 0.5) is 0 Å². The number of aliphatic hydroxyl groups excluding tert-OH is 11. The molecule has 30 heteroatoms. The number of hydrogen-bond acceptors (Lipinski definition) is 20. The number of aliphatic hydroxyl groups is 11. The zero-order chi connectivity index (χ0) is 99.8. The van der Waals surface area contributed by atoms with Gasteiger partial charge in [0.1, 0.15) is 93.5 Å². The van der Waals surface area contributed by atoms with Crippen LogP contribution in [0.2, 0.25) is 86.1 Å². The predicted octanol–water partition coefficient (Wildman–Crippen LogP) is 20.0. The van der Waals surface area contributed by atoms with E-state index in [2.05, 4.69) is 386 Å². The molecule has 3 aromatic rings. The first-order chi connectivity index (χ1) is 61.1. The van der Waals surface area contributed by atoms with Crippen LogP contribution in [-0.2, 0) is 41.4 Å². The lowest BCUT2D eigenvalue weighted by Crippen LogP contribution is -2.65. The lowest BCUT2D eigenvalue weighted by Gasteiger charge is -2.54. The van der Waals surface area contributed by atoms with E-state index in [4.69, 9.17) is 41.4 Å². The Morgan fingerprint density at radius 2 is 0.504 bits per heavy atom. The van der Waals surface area contributed by atoms with E-state index in [0.717, 1.165) is 11.1 Å². The normalized spacial score (nSPS) is 29.2. The molecule has 133 heavy (non-hydrogen) atoms. The van der Waals surface area contributed by atoms with Gasteiger partial charge in [0.2, 0.25) is 33.3 Å².